The fourth-order valence-electron chi connectivity index (χ4n) is 3.54. The third-order valence-electron chi connectivity index (χ3n) is 5.27. The Morgan fingerprint density at radius 1 is 1.24 bits per heavy atom. The number of nitrogens with one attached hydrogen (secondary N) is 1. The highest BCUT2D eigenvalue weighted by atomic mass is 16.8. The van der Waals surface area contributed by atoms with E-state index < -0.39 is 48.5 Å². The van der Waals surface area contributed by atoms with Gasteiger partial charge < -0.3 is 46.2 Å². The maximum atomic E-state index is 12.5. The Labute approximate surface area is 191 Å². The van der Waals surface area contributed by atoms with E-state index in [1.165, 1.54) is 13.2 Å². The van der Waals surface area contributed by atoms with Crippen molar-refractivity contribution in [2.75, 3.05) is 26.8 Å². The van der Waals surface area contributed by atoms with Gasteiger partial charge in [0.05, 0.1) is 13.2 Å². The number of amides is 1. The Bertz CT molecular complexity index is 755. The molecule has 2 heterocycles. The van der Waals surface area contributed by atoms with Gasteiger partial charge in [-0.15, -0.1) is 0 Å². The van der Waals surface area contributed by atoms with Crippen molar-refractivity contribution < 1.29 is 38.1 Å². The van der Waals surface area contributed by atoms with Gasteiger partial charge in [-0.2, -0.15) is 0 Å². The number of nitrogens with two attached hydrogens (primary N) is 3. The summed E-state index contributed by atoms with van der Waals surface area (Å²) in [6, 6.07) is -0.683. The van der Waals surface area contributed by atoms with Crippen LogP contribution >= 0.6 is 0 Å². The van der Waals surface area contributed by atoms with Crippen LogP contribution in [0.5, 0.6) is 0 Å². The van der Waals surface area contributed by atoms with Crippen LogP contribution in [0.25, 0.3) is 0 Å². The lowest BCUT2D eigenvalue weighted by atomic mass is 9.87. The molecule has 13 heteroatoms. The van der Waals surface area contributed by atoms with Gasteiger partial charge in [0, 0.05) is 12.5 Å². The zero-order chi connectivity index (χ0) is 24.4. The van der Waals surface area contributed by atoms with E-state index in [1.54, 1.807) is 6.92 Å². The lowest BCUT2D eigenvalue weighted by Gasteiger charge is -2.38. The first-order valence-corrected chi connectivity index (χ1v) is 10.8. The van der Waals surface area contributed by atoms with Crippen molar-refractivity contribution in [1.82, 2.24) is 5.32 Å². The van der Waals surface area contributed by atoms with Crippen molar-refractivity contribution in [3.63, 3.8) is 0 Å². The van der Waals surface area contributed by atoms with Gasteiger partial charge in [0.15, 0.2) is 18.2 Å². The van der Waals surface area contributed by atoms with Gasteiger partial charge in [0.25, 0.3) is 0 Å². The maximum Gasteiger partial charge on any atom is 0.508 e. The van der Waals surface area contributed by atoms with Crippen molar-refractivity contribution >= 4 is 24.2 Å². The lowest BCUT2D eigenvalue weighted by Crippen LogP contribution is -2.52. The minimum Gasteiger partial charge on any atom is -0.479 e. The number of hydrogen-bond donors (Lipinski definition) is 4. The third-order valence-corrected chi connectivity index (χ3v) is 5.27. The van der Waals surface area contributed by atoms with E-state index in [-0.39, 0.29) is 18.3 Å². The zero-order valence-electron chi connectivity index (χ0n) is 18.9. The number of methoxy groups -OCH3 is 1. The average molecular weight is 472 g/mol. The number of esters is 1. The number of carbonyl (C=O) groups is 3. The predicted octanol–water partition coefficient (Wildman–Crippen LogP) is -0.130. The Kier molecular flexibility index (Phi) is 10.0. The normalized spacial score (nSPS) is 24.9. The molecule has 0 aromatic heterocycles. The van der Waals surface area contributed by atoms with E-state index >= 15 is 0 Å². The van der Waals surface area contributed by atoms with Gasteiger partial charge in [-0.1, -0.05) is 19.8 Å². The summed E-state index contributed by atoms with van der Waals surface area (Å²) in [6.45, 7) is 2.60. The summed E-state index contributed by atoms with van der Waals surface area (Å²) in [6.07, 6.45) is 0.300. The van der Waals surface area contributed by atoms with Crippen LogP contribution in [0.15, 0.2) is 16.8 Å². The first-order chi connectivity index (χ1) is 15.8. The molecule has 0 saturated carbocycles. The Morgan fingerprint density at radius 3 is 2.58 bits per heavy atom. The number of cyclic esters (lactones) is 2. The van der Waals surface area contributed by atoms with Crippen molar-refractivity contribution in [2.45, 2.75) is 57.0 Å². The lowest BCUT2D eigenvalue weighted by molar-refractivity contribution is -0.147. The van der Waals surface area contributed by atoms with Gasteiger partial charge in [0.1, 0.15) is 12.7 Å². The SMILES string of the molecule is COC(=O)C1=C[C@H](N=C(N)N)C(C)C(C(OC(=O)NCCCCCCN)[C@H]2COC(=O)O2)O1. The molecular formula is C20H33N5O8. The highest BCUT2D eigenvalue weighted by molar-refractivity contribution is 5.86. The van der Waals surface area contributed by atoms with E-state index in [2.05, 4.69) is 10.3 Å². The second-order valence-electron chi connectivity index (χ2n) is 7.73. The summed E-state index contributed by atoms with van der Waals surface area (Å²) in [5, 5.41) is 2.66. The summed E-state index contributed by atoms with van der Waals surface area (Å²) in [5.74, 6) is -1.60. The molecule has 1 amide bonds. The number of hydrogen-bond acceptors (Lipinski definition) is 10. The maximum absolute atomic E-state index is 12.5. The van der Waals surface area contributed by atoms with Crippen LogP contribution in [0, 0.1) is 5.92 Å². The minimum absolute atomic E-state index is 0.158. The third kappa shape index (κ3) is 7.70. The highest BCUT2D eigenvalue weighted by Gasteiger charge is 2.48. The van der Waals surface area contributed by atoms with E-state index in [0.29, 0.717) is 13.1 Å². The van der Waals surface area contributed by atoms with Crippen LogP contribution in [0.2, 0.25) is 0 Å². The molecule has 0 spiro atoms. The summed E-state index contributed by atoms with van der Waals surface area (Å²) in [7, 11) is 1.19. The van der Waals surface area contributed by atoms with E-state index in [0.717, 1.165) is 25.7 Å². The quantitative estimate of drug-likeness (QED) is 0.103. The van der Waals surface area contributed by atoms with E-state index in [1.807, 2.05) is 0 Å². The van der Waals surface area contributed by atoms with Crippen molar-refractivity contribution in [3.05, 3.63) is 11.8 Å². The number of unbranched alkanes of at least 4 members (excludes halogenated alkanes) is 3. The molecule has 0 bridgehead atoms. The molecule has 0 radical (unpaired) electrons. The fourth-order valence-corrected chi connectivity index (χ4v) is 3.54. The summed E-state index contributed by atoms with van der Waals surface area (Å²) >= 11 is 0. The molecule has 2 rings (SSSR count). The van der Waals surface area contributed by atoms with Crippen molar-refractivity contribution in [2.24, 2.45) is 28.1 Å². The molecule has 0 aliphatic carbocycles. The number of aliphatic imine (C=N–C) groups is 1. The smallest absolute Gasteiger partial charge is 0.479 e. The molecule has 0 aromatic carbocycles. The zero-order valence-corrected chi connectivity index (χ0v) is 18.9. The molecule has 5 atom stereocenters. The molecule has 1 saturated heterocycles. The molecule has 186 valence electrons. The van der Waals surface area contributed by atoms with Gasteiger partial charge in [0.2, 0.25) is 5.76 Å². The van der Waals surface area contributed by atoms with Gasteiger partial charge in [-0.25, -0.2) is 19.4 Å². The molecule has 7 N–H and O–H groups in total. The van der Waals surface area contributed by atoms with Gasteiger partial charge in [-0.05, 0) is 25.5 Å². The Hall–Kier alpha value is -3.22. The van der Waals surface area contributed by atoms with Gasteiger partial charge in [-0.3, -0.25) is 0 Å². The van der Waals surface area contributed by atoms with Crippen LogP contribution in [0.3, 0.4) is 0 Å². The number of alkyl carbamates (subject to hydrolysis) is 1. The van der Waals surface area contributed by atoms with Crippen LogP contribution in [0.4, 0.5) is 9.59 Å². The monoisotopic (exact) mass is 471 g/mol. The predicted molar refractivity (Wildman–Crippen MR) is 116 cm³/mol. The molecular weight excluding hydrogens is 438 g/mol. The Balaban J connectivity index is 2.17. The molecule has 2 aliphatic rings. The van der Waals surface area contributed by atoms with Crippen molar-refractivity contribution in [3.8, 4) is 0 Å². The fraction of sp³-hybridized carbons (Fsp3) is 0.700. The van der Waals surface area contributed by atoms with Crippen LogP contribution in [-0.2, 0) is 28.5 Å². The molecule has 1 fully saturated rings. The highest BCUT2D eigenvalue weighted by Crippen LogP contribution is 2.32. The molecule has 13 nitrogen and oxygen atoms in total. The second-order valence-corrected chi connectivity index (χ2v) is 7.73. The first-order valence-electron chi connectivity index (χ1n) is 10.8. The molecule has 0 aromatic rings. The minimum atomic E-state index is -1.12. The largest absolute Gasteiger partial charge is 0.508 e. The summed E-state index contributed by atoms with van der Waals surface area (Å²) in [5.41, 5.74) is 16.5. The number of rotatable bonds is 11. The van der Waals surface area contributed by atoms with Crippen LogP contribution in [0.1, 0.15) is 32.6 Å². The molecule has 33 heavy (non-hydrogen) atoms. The van der Waals surface area contributed by atoms with Gasteiger partial charge >= 0.3 is 18.2 Å². The topological polar surface area (TPSA) is 200 Å². The molecule has 3 unspecified atom stereocenters. The number of guanidine groups is 1. The average Bonchev–Trinajstić information content (AvgIpc) is 3.21. The standard InChI is InChI=1S/C20H33N5O8/c1-11-12(25-18(22)23)9-13(17(26)29-2)31-15(11)16(14-10-30-20(28)32-14)33-19(27)24-8-6-4-3-5-7-21/h9,11-12,14-16H,3-8,10,21H2,1-2H3,(H,24,27)(H4,22,23,25)/t11?,12-,14+,15?,16?/m0/s1. The summed E-state index contributed by atoms with van der Waals surface area (Å²) in [4.78, 5) is 40.3. The molecule has 2 aliphatic heterocycles. The van der Waals surface area contributed by atoms with E-state index in [9.17, 15) is 14.4 Å². The van der Waals surface area contributed by atoms with Crippen LogP contribution < -0.4 is 22.5 Å². The second kappa shape index (κ2) is 12.7. The first kappa shape index (κ1) is 26.0. The van der Waals surface area contributed by atoms with Crippen molar-refractivity contribution in [1.29, 1.82) is 0 Å². The Morgan fingerprint density at radius 2 is 1.97 bits per heavy atom. The van der Waals surface area contributed by atoms with Crippen LogP contribution in [-0.4, -0.2) is 75.3 Å². The van der Waals surface area contributed by atoms with E-state index in [4.69, 9.17) is 40.9 Å². The number of nitrogens with zero attached hydrogens (tertiary/aromatic N) is 1. The summed E-state index contributed by atoms with van der Waals surface area (Å²) < 4.78 is 26.2. The number of ether oxygens (including phenoxy) is 5. The number of carbonyl (C=O) groups excluding carboxylic acids is 3.